The molecule has 0 spiro atoms. The number of hydrogen-bond donors (Lipinski definition) is 1. The minimum atomic E-state index is -3.92. The molecule has 0 radical (unpaired) electrons. The predicted molar refractivity (Wildman–Crippen MR) is 78.1 cm³/mol. The van der Waals surface area contributed by atoms with Crippen molar-refractivity contribution in [2.45, 2.75) is 11.4 Å². The summed E-state index contributed by atoms with van der Waals surface area (Å²) in [6.45, 7) is -0.781. The lowest BCUT2D eigenvalue weighted by molar-refractivity contribution is -0.137. The Morgan fingerprint density at radius 3 is 2.43 bits per heavy atom. The van der Waals surface area contributed by atoms with E-state index in [-0.39, 0.29) is 11.4 Å². The highest BCUT2D eigenvalue weighted by Gasteiger charge is 2.27. The lowest BCUT2D eigenvalue weighted by atomic mass is 10.4. The van der Waals surface area contributed by atoms with E-state index in [0.717, 1.165) is 8.78 Å². The third-order valence-electron chi connectivity index (χ3n) is 2.68. The molecule has 112 valence electrons. The molecule has 2 rings (SSSR count). The van der Waals surface area contributed by atoms with E-state index in [1.54, 1.807) is 24.3 Å². The molecule has 1 aromatic carbocycles. The van der Waals surface area contributed by atoms with Gasteiger partial charge in [0, 0.05) is 4.47 Å². The molecule has 8 heteroatoms. The first-order valence-corrected chi connectivity index (χ1v) is 8.13. The Labute approximate surface area is 130 Å². The van der Waals surface area contributed by atoms with Gasteiger partial charge in [0.05, 0.1) is 17.7 Å². The number of aliphatic carboxylic acids is 1. The summed E-state index contributed by atoms with van der Waals surface area (Å²) < 4.78 is 31.7. The summed E-state index contributed by atoms with van der Waals surface area (Å²) in [5.74, 6) is -0.862. The molecule has 0 aliphatic heterocycles. The van der Waals surface area contributed by atoms with E-state index in [1.165, 1.54) is 18.4 Å². The van der Waals surface area contributed by atoms with E-state index in [1.807, 2.05) is 0 Å². The van der Waals surface area contributed by atoms with Crippen LogP contribution in [0.5, 0.6) is 0 Å². The molecule has 0 atom stereocenters. The highest BCUT2D eigenvalue weighted by Crippen LogP contribution is 2.20. The average Bonchev–Trinajstić information content (AvgIpc) is 2.91. The standard InChI is InChI=1S/C13H12BrNO5S/c14-10-3-5-12(6-4-10)21(18,19)15(9-13(16)17)8-11-2-1-7-20-11/h1-7H,8-9H2,(H,16,17). The second-order valence-corrected chi connectivity index (χ2v) is 7.05. The Bertz CT molecular complexity index is 710. The minimum Gasteiger partial charge on any atom is -0.480 e. The van der Waals surface area contributed by atoms with Crippen LogP contribution >= 0.6 is 15.9 Å². The number of halogens is 1. The van der Waals surface area contributed by atoms with Crippen LogP contribution in [0, 0.1) is 0 Å². The van der Waals surface area contributed by atoms with Gasteiger partial charge in [-0.2, -0.15) is 4.31 Å². The average molecular weight is 374 g/mol. The molecule has 0 saturated carbocycles. The number of carbonyl (C=O) groups is 1. The fourth-order valence-electron chi connectivity index (χ4n) is 1.71. The van der Waals surface area contributed by atoms with Gasteiger partial charge in [0.25, 0.3) is 0 Å². The third kappa shape index (κ3) is 3.93. The minimum absolute atomic E-state index is 0.0264. The molecule has 0 aliphatic carbocycles. The quantitative estimate of drug-likeness (QED) is 0.839. The highest BCUT2D eigenvalue weighted by atomic mass is 79.9. The van der Waals surface area contributed by atoms with Crippen LogP contribution in [-0.4, -0.2) is 30.3 Å². The molecule has 1 aromatic heterocycles. The van der Waals surface area contributed by atoms with Gasteiger partial charge < -0.3 is 9.52 Å². The van der Waals surface area contributed by atoms with Crippen LogP contribution in [0.1, 0.15) is 5.76 Å². The lowest BCUT2D eigenvalue weighted by Gasteiger charge is -2.19. The van der Waals surface area contributed by atoms with E-state index >= 15 is 0 Å². The van der Waals surface area contributed by atoms with Gasteiger partial charge in [0.2, 0.25) is 10.0 Å². The summed E-state index contributed by atoms with van der Waals surface area (Å²) in [7, 11) is -3.92. The highest BCUT2D eigenvalue weighted by molar-refractivity contribution is 9.10. The number of nitrogens with zero attached hydrogens (tertiary/aromatic N) is 1. The molecular weight excluding hydrogens is 362 g/mol. The van der Waals surface area contributed by atoms with Crippen LogP contribution < -0.4 is 0 Å². The maximum Gasteiger partial charge on any atom is 0.318 e. The number of carboxylic acid groups (broad SMARTS) is 1. The topological polar surface area (TPSA) is 87.8 Å². The summed E-state index contributed by atoms with van der Waals surface area (Å²) in [5.41, 5.74) is 0. The summed E-state index contributed by atoms with van der Waals surface area (Å²) in [6.07, 6.45) is 1.40. The predicted octanol–water partition coefficient (Wildman–Crippen LogP) is 2.32. The monoisotopic (exact) mass is 373 g/mol. The summed E-state index contributed by atoms with van der Waals surface area (Å²) in [6, 6.07) is 9.19. The fraction of sp³-hybridized carbons (Fsp3) is 0.154. The van der Waals surface area contributed by atoms with Gasteiger partial charge in [-0.25, -0.2) is 8.42 Å². The van der Waals surface area contributed by atoms with Gasteiger partial charge >= 0.3 is 5.97 Å². The third-order valence-corrected chi connectivity index (χ3v) is 5.01. The normalized spacial score (nSPS) is 11.7. The van der Waals surface area contributed by atoms with Crippen molar-refractivity contribution in [1.82, 2.24) is 4.31 Å². The first-order valence-electron chi connectivity index (χ1n) is 5.89. The van der Waals surface area contributed by atoms with Gasteiger partial charge in [-0.05, 0) is 36.4 Å². The van der Waals surface area contributed by atoms with Crippen LogP contribution in [0.4, 0.5) is 0 Å². The largest absolute Gasteiger partial charge is 0.480 e. The molecule has 0 fully saturated rings. The molecule has 0 saturated heterocycles. The van der Waals surface area contributed by atoms with Crippen molar-refractivity contribution in [3.05, 3.63) is 52.9 Å². The molecule has 1 heterocycles. The molecule has 21 heavy (non-hydrogen) atoms. The van der Waals surface area contributed by atoms with E-state index in [4.69, 9.17) is 9.52 Å². The molecule has 6 nitrogen and oxygen atoms in total. The van der Waals surface area contributed by atoms with Gasteiger partial charge in [-0.1, -0.05) is 15.9 Å². The van der Waals surface area contributed by atoms with Crippen LogP contribution in [0.3, 0.4) is 0 Å². The van der Waals surface area contributed by atoms with Crippen molar-refractivity contribution < 1.29 is 22.7 Å². The maximum absolute atomic E-state index is 12.5. The van der Waals surface area contributed by atoms with Crippen molar-refractivity contribution in [3.63, 3.8) is 0 Å². The first-order chi connectivity index (χ1) is 9.89. The first kappa shape index (κ1) is 15.7. The molecule has 1 N–H and O–H groups in total. The Morgan fingerprint density at radius 2 is 1.90 bits per heavy atom. The SMILES string of the molecule is O=C(O)CN(Cc1ccco1)S(=O)(=O)c1ccc(Br)cc1. The van der Waals surface area contributed by atoms with E-state index < -0.39 is 22.5 Å². The van der Waals surface area contributed by atoms with Crippen LogP contribution in [0.2, 0.25) is 0 Å². The number of hydrogen-bond acceptors (Lipinski definition) is 4. The van der Waals surface area contributed by atoms with Gasteiger partial charge in [0.15, 0.2) is 0 Å². The van der Waals surface area contributed by atoms with Gasteiger partial charge in [-0.15, -0.1) is 0 Å². The van der Waals surface area contributed by atoms with Gasteiger partial charge in [0.1, 0.15) is 12.3 Å². The molecule has 0 bridgehead atoms. The smallest absolute Gasteiger partial charge is 0.318 e. The van der Waals surface area contributed by atoms with E-state index in [0.29, 0.717) is 5.76 Å². The zero-order chi connectivity index (χ0) is 15.5. The fourth-order valence-corrected chi connectivity index (χ4v) is 3.33. The van der Waals surface area contributed by atoms with Crippen molar-refractivity contribution in [1.29, 1.82) is 0 Å². The number of furan rings is 1. The summed E-state index contributed by atoms with van der Waals surface area (Å²) >= 11 is 3.22. The number of rotatable bonds is 6. The van der Waals surface area contributed by atoms with Crippen LogP contribution in [0.15, 0.2) is 56.4 Å². The van der Waals surface area contributed by atoms with Crippen molar-refractivity contribution in [2.75, 3.05) is 6.54 Å². The van der Waals surface area contributed by atoms with Crippen molar-refractivity contribution in [3.8, 4) is 0 Å². The zero-order valence-corrected chi connectivity index (χ0v) is 13.2. The molecule has 2 aromatic rings. The van der Waals surface area contributed by atoms with Crippen LogP contribution in [-0.2, 0) is 21.4 Å². The van der Waals surface area contributed by atoms with Gasteiger partial charge in [-0.3, -0.25) is 4.79 Å². The maximum atomic E-state index is 12.5. The van der Waals surface area contributed by atoms with E-state index in [2.05, 4.69) is 15.9 Å². The Kier molecular flexibility index (Phi) is 4.81. The number of carboxylic acids is 1. The van der Waals surface area contributed by atoms with Crippen molar-refractivity contribution >= 4 is 31.9 Å². The van der Waals surface area contributed by atoms with E-state index in [9.17, 15) is 13.2 Å². The Hall–Kier alpha value is -1.64. The summed E-state index contributed by atoms with van der Waals surface area (Å²) in [4.78, 5) is 11.0. The second-order valence-electron chi connectivity index (χ2n) is 4.20. The zero-order valence-electron chi connectivity index (χ0n) is 10.8. The number of benzene rings is 1. The molecular formula is C13H12BrNO5S. The Balaban J connectivity index is 2.34. The lowest BCUT2D eigenvalue weighted by Crippen LogP contribution is -2.35. The molecule has 0 amide bonds. The number of sulfonamides is 1. The van der Waals surface area contributed by atoms with Crippen molar-refractivity contribution in [2.24, 2.45) is 0 Å². The second kappa shape index (κ2) is 6.42. The Morgan fingerprint density at radius 1 is 1.24 bits per heavy atom. The van der Waals surface area contributed by atoms with Crippen LogP contribution in [0.25, 0.3) is 0 Å². The molecule has 0 aliphatic rings. The molecule has 0 unspecified atom stereocenters. The summed E-state index contributed by atoms with van der Waals surface area (Å²) in [5, 5.41) is 8.92.